The molecule has 0 spiro atoms. The molecule has 4 aromatic rings. The number of carbonyl (C=O) groups is 1. The molecule has 0 saturated carbocycles. The van der Waals surface area contributed by atoms with E-state index in [1.807, 2.05) is 0 Å². The van der Waals surface area contributed by atoms with Gasteiger partial charge >= 0.3 is 0 Å². The van der Waals surface area contributed by atoms with Crippen molar-refractivity contribution >= 4 is 66.7 Å². The highest BCUT2D eigenvalue weighted by molar-refractivity contribution is 7.85. The maximum atomic E-state index is 12.6. The number of phenolic OH excluding ortho intramolecular Hbond substituents is 1. The van der Waals surface area contributed by atoms with Crippen molar-refractivity contribution in [2.24, 2.45) is 0 Å². The largest absolute Gasteiger partial charge is 0.507 e. The predicted octanol–water partition coefficient (Wildman–Crippen LogP) is 4.29. The lowest BCUT2D eigenvalue weighted by molar-refractivity contribution is 0.102. The standard InChI is InChI=1S/C19H11Cl2N3O5S/c20-17-18(21)24-15-6-10(2-4-14(15)23-17)19(26)22-11-3-1-9-5-12(30(27,28)29)8-16(25)13(9)7-11/h1-8,25H,(H,22,26)(H,27,28,29). The summed E-state index contributed by atoms with van der Waals surface area (Å²) in [4.78, 5) is 20.4. The topological polar surface area (TPSA) is 129 Å². The number of benzene rings is 3. The van der Waals surface area contributed by atoms with Crippen molar-refractivity contribution < 1.29 is 22.9 Å². The van der Waals surface area contributed by atoms with Gasteiger partial charge in [0.1, 0.15) is 5.75 Å². The summed E-state index contributed by atoms with van der Waals surface area (Å²) in [6, 6.07) is 11.3. The molecule has 0 aliphatic heterocycles. The van der Waals surface area contributed by atoms with Crippen molar-refractivity contribution in [3.63, 3.8) is 0 Å². The van der Waals surface area contributed by atoms with Crippen LogP contribution < -0.4 is 5.32 Å². The molecule has 0 atom stereocenters. The second-order valence-corrected chi connectivity index (χ2v) is 8.45. The average molecular weight is 464 g/mol. The second kappa shape index (κ2) is 7.37. The zero-order valence-corrected chi connectivity index (χ0v) is 17.1. The van der Waals surface area contributed by atoms with E-state index in [-0.39, 0.29) is 16.1 Å². The van der Waals surface area contributed by atoms with Crippen LogP contribution in [0.5, 0.6) is 5.75 Å². The smallest absolute Gasteiger partial charge is 0.294 e. The van der Waals surface area contributed by atoms with Crippen molar-refractivity contribution in [1.82, 2.24) is 9.97 Å². The molecule has 0 saturated heterocycles. The number of fused-ring (bicyclic) bond motifs is 2. The zero-order chi connectivity index (χ0) is 21.6. The summed E-state index contributed by atoms with van der Waals surface area (Å²) >= 11 is 11.7. The van der Waals surface area contributed by atoms with Crippen LogP contribution >= 0.6 is 23.2 Å². The van der Waals surface area contributed by atoms with Crippen LogP contribution in [0.4, 0.5) is 5.69 Å². The molecular weight excluding hydrogens is 453 g/mol. The Morgan fingerprint density at radius 2 is 1.63 bits per heavy atom. The molecule has 1 amide bonds. The molecule has 152 valence electrons. The molecule has 8 nitrogen and oxygen atoms in total. The third-order valence-electron chi connectivity index (χ3n) is 4.31. The lowest BCUT2D eigenvalue weighted by atomic mass is 10.1. The molecule has 1 heterocycles. The Balaban J connectivity index is 1.66. The van der Waals surface area contributed by atoms with E-state index < -0.39 is 20.9 Å². The number of nitrogens with zero attached hydrogens (tertiary/aromatic N) is 2. The van der Waals surface area contributed by atoms with E-state index in [2.05, 4.69) is 15.3 Å². The third kappa shape index (κ3) is 3.88. The van der Waals surface area contributed by atoms with Gasteiger partial charge in [0.25, 0.3) is 16.0 Å². The van der Waals surface area contributed by atoms with Crippen molar-refractivity contribution in [3.8, 4) is 5.75 Å². The monoisotopic (exact) mass is 463 g/mol. The van der Waals surface area contributed by atoms with Crippen LogP contribution in [-0.4, -0.2) is 34.0 Å². The Kier molecular flexibility index (Phi) is 4.99. The highest BCUT2D eigenvalue weighted by Crippen LogP contribution is 2.31. The van der Waals surface area contributed by atoms with Gasteiger partial charge in [-0.2, -0.15) is 8.42 Å². The van der Waals surface area contributed by atoms with Gasteiger partial charge in [0.15, 0.2) is 10.3 Å². The SMILES string of the molecule is O=C(Nc1ccc2cc(S(=O)(=O)O)cc(O)c2c1)c1ccc2nc(Cl)c(Cl)nc2c1. The minimum atomic E-state index is -4.46. The number of aromatic hydroxyl groups is 1. The van der Waals surface area contributed by atoms with Crippen molar-refractivity contribution in [2.45, 2.75) is 4.90 Å². The summed E-state index contributed by atoms with van der Waals surface area (Å²) in [6.07, 6.45) is 0. The van der Waals surface area contributed by atoms with Gasteiger partial charge in [-0.05, 0) is 41.8 Å². The minimum Gasteiger partial charge on any atom is -0.507 e. The second-order valence-electron chi connectivity index (χ2n) is 6.32. The van der Waals surface area contributed by atoms with E-state index in [9.17, 15) is 18.3 Å². The van der Waals surface area contributed by atoms with Gasteiger partial charge in [0.2, 0.25) is 0 Å². The van der Waals surface area contributed by atoms with E-state index in [0.717, 1.165) is 6.07 Å². The number of halogens is 2. The highest BCUT2D eigenvalue weighted by atomic mass is 35.5. The van der Waals surface area contributed by atoms with E-state index in [1.54, 1.807) is 12.1 Å². The van der Waals surface area contributed by atoms with Crippen molar-refractivity contribution in [2.75, 3.05) is 5.32 Å². The number of anilines is 1. The molecular formula is C19H11Cl2N3O5S. The van der Waals surface area contributed by atoms with Gasteiger partial charge in [-0.1, -0.05) is 29.3 Å². The third-order valence-corrected chi connectivity index (χ3v) is 5.76. The van der Waals surface area contributed by atoms with Gasteiger partial charge in [-0.3, -0.25) is 9.35 Å². The Morgan fingerprint density at radius 3 is 2.33 bits per heavy atom. The zero-order valence-electron chi connectivity index (χ0n) is 14.8. The number of hydrogen-bond donors (Lipinski definition) is 3. The molecule has 1 aromatic heterocycles. The van der Waals surface area contributed by atoms with Crippen LogP contribution in [0.25, 0.3) is 21.8 Å². The van der Waals surface area contributed by atoms with Crippen molar-refractivity contribution in [3.05, 3.63) is 64.4 Å². The van der Waals surface area contributed by atoms with Gasteiger partial charge in [0.05, 0.1) is 15.9 Å². The van der Waals surface area contributed by atoms with Gasteiger partial charge in [-0.15, -0.1) is 0 Å². The highest BCUT2D eigenvalue weighted by Gasteiger charge is 2.15. The maximum absolute atomic E-state index is 12.6. The first-order valence-electron chi connectivity index (χ1n) is 8.30. The first-order chi connectivity index (χ1) is 14.1. The van der Waals surface area contributed by atoms with Crippen LogP contribution in [0.15, 0.2) is 53.4 Å². The lowest BCUT2D eigenvalue weighted by Crippen LogP contribution is -2.12. The molecule has 3 aromatic carbocycles. The van der Waals surface area contributed by atoms with Crippen LogP contribution in [0.3, 0.4) is 0 Å². The summed E-state index contributed by atoms with van der Waals surface area (Å²) in [7, 11) is -4.46. The van der Waals surface area contributed by atoms with Crippen LogP contribution in [0, 0.1) is 0 Å². The first-order valence-corrected chi connectivity index (χ1v) is 10.5. The molecule has 30 heavy (non-hydrogen) atoms. The van der Waals surface area contributed by atoms with Crippen LogP contribution in [0.1, 0.15) is 10.4 Å². The number of nitrogens with one attached hydrogen (secondary N) is 1. The average Bonchev–Trinajstić information content (AvgIpc) is 2.68. The van der Waals surface area contributed by atoms with Gasteiger partial charge in [0, 0.05) is 22.7 Å². The van der Waals surface area contributed by atoms with Gasteiger partial charge in [-0.25, -0.2) is 9.97 Å². The number of rotatable bonds is 3. The molecule has 4 rings (SSSR count). The Hall–Kier alpha value is -2.98. The van der Waals surface area contributed by atoms with Crippen molar-refractivity contribution in [1.29, 1.82) is 0 Å². The lowest BCUT2D eigenvalue weighted by Gasteiger charge is -2.09. The maximum Gasteiger partial charge on any atom is 0.294 e. The van der Waals surface area contributed by atoms with E-state index in [4.69, 9.17) is 27.8 Å². The van der Waals surface area contributed by atoms with E-state index in [0.29, 0.717) is 33.1 Å². The fraction of sp³-hybridized carbons (Fsp3) is 0. The number of phenols is 1. The molecule has 0 aliphatic carbocycles. The summed E-state index contributed by atoms with van der Waals surface area (Å²) in [5.74, 6) is -0.804. The van der Waals surface area contributed by atoms with E-state index >= 15 is 0 Å². The molecule has 0 fully saturated rings. The quantitative estimate of drug-likeness (QED) is 0.386. The Morgan fingerprint density at radius 1 is 0.933 bits per heavy atom. The van der Waals surface area contributed by atoms with E-state index in [1.165, 1.54) is 30.3 Å². The minimum absolute atomic E-state index is 0.0241. The molecule has 0 bridgehead atoms. The number of hydrogen-bond acceptors (Lipinski definition) is 6. The van der Waals surface area contributed by atoms with Crippen LogP contribution in [-0.2, 0) is 10.1 Å². The number of aromatic nitrogens is 2. The summed E-state index contributed by atoms with van der Waals surface area (Å²) < 4.78 is 31.7. The normalized spacial score (nSPS) is 11.7. The fourth-order valence-electron chi connectivity index (χ4n) is 2.89. The van der Waals surface area contributed by atoms with Crippen LogP contribution in [0.2, 0.25) is 10.3 Å². The van der Waals surface area contributed by atoms with Gasteiger partial charge < -0.3 is 10.4 Å². The molecule has 0 radical (unpaired) electrons. The first kappa shape index (κ1) is 20.3. The predicted molar refractivity (Wildman–Crippen MR) is 113 cm³/mol. The summed E-state index contributed by atoms with van der Waals surface area (Å²) in [5, 5.41) is 13.6. The molecule has 0 unspecified atom stereocenters. The molecule has 3 N–H and O–H groups in total. The number of carbonyl (C=O) groups excluding carboxylic acids is 1. The molecule has 0 aliphatic rings. The molecule has 11 heteroatoms. The Bertz CT molecular complexity index is 1460. The number of amides is 1. The summed E-state index contributed by atoms with van der Waals surface area (Å²) in [6.45, 7) is 0. The Labute approximate surface area is 179 Å². The fourth-order valence-corrected chi connectivity index (χ4v) is 3.70. The summed E-state index contributed by atoms with van der Waals surface area (Å²) in [5.41, 5.74) is 1.53.